The lowest BCUT2D eigenvalue weighted by atomic mass is 10.0. The minimum Gasteiger partial charge on any atom is -0.396 e. The van der Waals surface area contributed by atoms with E-state index in [0.717, 1.165) is 13.0 Å². The number of nitrogens with one attached hydrogen (secondary N) is 1. The van der Waals surface area contributed by atoms with E-state index in [2.05, 4.69) is 5.32 Å². The van der Waals surface area contributed by atoms with Crippen LogP contribution in [0.4, 0.5) is 0 Å². The maximum Gasteiger partial charge on any atom is 0.0588 e. The van der Waals surface area contributed by atoms with Crippen molar-refractivity contribution < 1.29 is 10.2 Å². The Kier molecular flexibility index (Phi) is 2.45. The summed E-state index contributed by atoms with van der Waals surface area (Å²) in [5.74, 6) is 0.273. The van der Waals surface area contributed by atoms with E-state index < -0.39 is 0 Å². The van der Waals surface area contributed by atoms with Crippen LogP contribution in [0.3, 0.4) is 0 Å². The number of aliphatic hydroxyl groups is 2. The molecule has 0 amide bonds. The fourth-order valence-electron chi connectivity index (χ4n) is 1.25. The fraction of sp³-hybridized carbons (Fsp3) is 1.00. The zero-order valence-corrected chi connectivity index (χ0v) is 5.38. The summed E-state index contributed by atoms with van der Waals surface area (Å²) in [5.41, 5.74) is 0. The van der Waals surface area contributed by atoms with E-state index in [9.17, 15) is 0 Å². The van der Waals surface area contributed by atoms with Crippen LogP contribution in [-0.2, 0) is 0 Å². The van der Waals surface area contributed by atoms with E-state index in [0.29, 0.717) is 0 Å². The molecule has 3 nitrogen and oxygen atoms in total. The van der Waals surface area contributed by atoms with Crippen molar-refractivity contribution in [1.29, 1.82) is 0 Å². The van der Waals surface area contributed by atoms with Crippen LogP contribution >= 0.6 is 0 Å². The van der Waals surface area contributed by atoms with Gasteiger partial charge in [-0.1, -0.05) is 0 Å². The Bertz CT molecular complexity index is 77.1. The molecule has 0 aromatic carbocycles. The number of rotatable bonds is 2. The topological polar surface area (TPSA) is 52.5 Å². The van der Waals surface area contributed by atoms with Gasteiger partial charge in [-0.15, -0.1) is 0 Å². The molecular formula is C6H13NO2. The van der Waals surface area contributed by atoms with Crippen LogP contribution in [0.15, 0.2) is 0 Å². The zero-order valence-electron chi connectivity index (χ0n) is 5.38. The Morgan fingerprint density at radius 3 is 2.56 bits per heavy atom. The standard InChI is InChI=1S/C6H13NO2/c8-3-5-1-2-7-6(5)4-9/h5-9H,1-4H2. The summed E-state index contributed by atoms with van der Waals surface area (Å²) in [7, 11) is 0. The normalized spacial score (nSPS) is 35.3. The number of aliphatic hydroxyl groups excluding tert-OH is 2. The molecule has 1 rings (SSSR count). The van der Waals surface area contributed by atoms with Gasteiger partial charge in [-0.05, 0) is 13.0 Å². The average Bonchev–Trinajstić information content (AvgIpc) is 2.33. The van der Waals surface area contributed by atoms with Gasteiger partial charge in [-0.2, -0.15) is 0 Å². The molecule has 0 radical (unpaired) electrons. The highest BCUT2D eigenvalue weighted by molar-refractivity contribution is 4.82. The van der Waals surface area contributed by atoms with Crippen molar-refractivity contribution in [3.05, 3.63) is 0 Å². The van der Waals surface area contributed by atoms with Gasteiger partial charge in [-0.25, -0.2) is 0 Å². The molecule has 0 aromatic rings. The summed E-state index contributed by atoms with van der Waals surface area (Å²) >= 11 is 0. The lowest BCUT2D eigenvalue weighted by Crippen LogP contribution is -2.32. The third-order valence-corrected chi connectivity index (χ3v) is 1.92. The van der Waals surface area contributed by atoms with Crippen LogP contribution in [0.25, 0.3) is 0 Å². The third-order valence-electron chi connectivity index (χ3n) is 1.92. The van der Waals surface area contributed by atoms with Crippen molar-refractivity contribution >= 4 is 0 Å². The van der Waals surface area contributed by atoms with Crippen LogP contribution in [0.1, 0.15) is 6.42 Å². The molecule has 1 heterocycles. The van der Waals surface area contributed by atoms with Crippen molar-refractivity contribution in [3.63, 3.8) is 0 Å². The van der Waals surface area contributed by atoms with Crippen LogP contribution in [0.2, 0.25) is 0 Å². The van der Waals surface area contributed by atoms with E-state index in [4.69, 9.17) is 10.2 Å². The minimum atomic E-state index is 0.134. The molecule has 2 unspecified atom stereocenters. The van der Waals surface area contributed by atoms with Gasteiger partial charge in [0.1, 0.15) is 0 Å². The molecule has 0 aliphatic carbocycles. The Labute approximate surface area is 54.7 Å². The molecule has 0 aromatic heterocycles. The fourth-order valence-corrected chi connectivity index (χ4v) is 1.25. The second kappa shape index (κ2) is 3.15. The molecule has 54 valence electrons. The van der Waals surface area contributed by atoms with E-state index >= 15 is 0 Å². The van der Waals surface area contributed by atoms with Gasteiger partial charge in [-0.3, -0.25) is 0 Å². The quantitative estimate of drug-likeness (QED) is 0.448. The maximum atomic E-state index is 8.72. The van der Waals surface area contributed by atoms with Gasteiger partial charge >= 0.3 is 0 Å². The molecule has 0 saturated carbocycles. The molecular weight excluding hydrogens is 118 g/mol. The van der Waals surface area contributed by atoms with Gasteiger partial charge in [0.25, 0.3) is 0 Å². The highest BCUT2D eigenvalue weighted by Crippen LogP contribution is 2.13. The zero-order chi connectivity index (χ0) is 6.69. The Morgan fingerprint density at radius 1 is 1.33 bits per heavy atom. The molecule has 0 bridgehead atoms. The minimum absolute atomic E-state index is 0.134. The van der Waals surface area contributed by atoms with Gasteiger partial charge in [0.2, 0.25) is 0 Å². The molecule has 1 saturated heterocycles. The third kappa shape index (κ3) is 1.41. The van der Waals surface area contributed by atoms with E-state index in [1.165, 1.54) is 0 Å². The molecule has 1 fully saturated rings. The lowest BCUT2D eigenvalue weighted by Gasteiger charge is -2.12. The lowest BCUT2D eigenvalue weighted by molar-refractivity contribution is 0.169. The van der Waals surface area contributed by atoms with E-state index in [-0.39, 0.29) is 25.2 Å². The molecule has 1 aliphatic heterocycles. The van der Waals surface area contributed by atoms with Crippen molar-refractivity contribution in [1.82, 2.24) is 5.32 Å². The summed E-state index contributed by atoms with van der Waals surface area (Å²) in [5, 5.41) is 20.5. The first kappa shape index (κ1) is 6.99. The Morgan fingerprint density at radius 2 is 2.11 bits per heavy atom. The molecule has 1 aliphatic rings. The summed E-state index contributed by atoms with van der Waals surface area (Å²) in [6.07, 6.45) is 0.988. The largest absolute Gasteiger partial charge is 0.396 e. The van der Waals surface area contributed by atoms with Crippen LogP contribution in [-0.4, -0.2) is 36.0 Å². The van der Waals surface area contributed by atoms with E-state index in [1.807, 2.05) is 0 Å². The summed E-state index contributed by atoms with van der Waals surface area (Å²) in [6.45, 7) is 1.26. The monoisotopic (exact) mass is 131 g/mol. The predicted octanol–water partition coefficient (Wildman–Crippen LogP) is -1.05. The summed E-state index contributed by atoms with van der Waals surface area (Å²) < 4.78 is 0. The summed E-state index contributed by atoms with van der Waals surface area (Å²) in [6, 6.07) is 0.134. The SMILES string of the molecule is OCC1CCNC1CO. The second-order valence-electron chi connectivity index (χ2n) is 2.47. The van der Waals surface area contributed by atoms with Crippen LogP contribution in [0.5, 0.6) is 0 Å². The summed E-state index contributed by atoms with van der Waals surface area (Å²) in [4.78, 5) is 0. The first-order valence-corrected chi connectivity index (χ1v) is 3.33. The van der Waals surface area contributed by atoms with Crippen LogP contribution in [0, 0.1) is 5.92 Å². The van der Waals surface area contributed by atoms with Crippen molar-refractivity contribution in [2.45, 2.75) is 12.5 Å². The number of hydrogen-bond acceptors (Lipinski definition) is 3. The number of hydrogen-bond donors (Lipinski definition) is 3. The first-order valence-electron chi connectivity index (χ1n) is 3.33. The Hall–Kier alpha value is -0.120. The maximum absolute atomic E-state index is 8.72. The van der Waals surface area contributed by atoms with Crippen molar-refractivity contribution in [3.8, 4) is 0 Å². The Balaban J connectivity index is 2.32. The smallest absolute Gasteiger partial charge is 0.0588 e. The van der Waals surface area contributed by atoms with Gasteiger partial charge < -0.3 is 15.5 Å². The molecule has 3 heteroatoms. The van der Waals surface area contributed by atoms with E-state index in [1.54, 1.807) is 0 Å². The highest BCUT2D eigenvalue weighted by Gasteiger charge is 2.24. The predicted molar refractivity (Wildman–Crippen MR) is 34.1 cm³/mol. The van der Waals surface area contributed by atoms with Gasteiger partial charge in [0, 0.05) is 18.6 Å². The van der Waals surface area contributed by atoms with Gasteiger partial charge in [0.05, 0.1) is 6.61 Å². The van der Waals surface area contributed by atoms with Crippen LogP contribution < -0.4 is 5.32 Å². The highest BCUT2D eigenvalue weighted by atomic mass is 16.3. The first-order chi connectivity index (χ1) is 4.38. The molecule has 9 heavy (non-hydrogen) atoms. The van der Waals surface area contributed by atoms with Crippen molar-refractivity contribution in [2.75, 3.05) is 19.8 Å². The molecule has 2 atom stereocenters. The molecule has 3 N–H and O–H groups in total. The van der Waals surface area contributed by atoms with Crippen molar-refractivity contribution in [2.24, 2.45) is 5.92 Å². The second-order valence-corrected chi connectivity index (χ2v) is 2.47. The molecule has 0 spiro atoms. The van der Waals surface area contributed by atoms with Gasteiger partial charge in [0.15, 0.2) is 0 Å². The average molecular weight is 131 g/mol.